The van der Waals surface area contributed by atoms with Crippen LogP contribution >= 0.6 is 0 Å². The standard InChI is InChI=1S/C26H34F3N5O3/c1-15(2)6-7-16-10-20(23-33-34-24(37-23)30-13-21-35-8-9-36-21)32-22-18(16)11-17(31-14-26(27,28)29)12-19(22)25(3,4)5/h10-12,15,21,31H,6-9,13-14H2,1-5H3,(H,30,34). The van der Waals surface area contributed by atoms with Gasteiger partial charge < -0.3 is 24.5 Å². The summed E-state index contributed by atoms with van der Waals surface area (Å²) in [5, 5.41) is 14.6. The number of anilines is 2. The fourth-order valence-electron chi connectivity index (χ4n) is 4.13. The number of alkyl halides is 3. The molecule has 37 heavy (non-hydrogen) atoms. The number of hydrogen-bond acceptors (Lipinski definition) is 8. The summed E-state index contributed by atoms with van der Waals surface area (Å²) < 4.78 is 55.5. The Hall–Kier alpha value is -2.92. The van der Waals surface area contributed by atoms with Gasteiger partial charge in [-0.05, 0) is 53.5 Å². The molecule has 1 aliphatic heterocycles. The number of fused-ring (bicyclic) bond motifs is 1. The highest BCUT2D eigenvalue weighted by Gasteiger charge is 2.28. The van der Waals surface area contributed by atoms with Crippen molar-refractivity contribution in [2.24, 2.45) is 5.92 Å². The highest BCUT2D eigenvalue weighted by atomic mass is 19.4. The Bertz CT molecular complexity index is 1210. The van der Waals surface area contributed by atoms with E-state index in [1.807, 2.05) is 26.8 Å². The SMILES string of the molecule is CC(C)CCc1cc(-c2nnc(NCC3OCCO3)o2)nc2c(C(C)(C)C)cc(NCC(F)(F)F)cc12. The number of rotatable bonds is 9. The molecule has 2 aromatic heterocycles. The summed E-state index contributed by atoms with van der Waals surface area (Å²) in [5.41, 5.74) is 3.06. The van der Waals surface area contributed by atoms with E-state index in [-0.39, 0.29) is 23.6 Å². The van der Waals surface area contributed by atoms with Gasteiger partial charge in [0.1, 0.15) is 12.2 Å². The van der Waals surface area contributed by atoms with E-state index in [0.717, 1.165) is 29.4 Å². The first-order chi connectivity index (χ1) is 17.4. The summed E-state index contributed by atoms with van der Waals surface area (Å²) in [6, 6.07) is 5.62. The van der Waals surface area contributed by atoms with Crippen molar-refractivity contribution in [3.8, 4) is 11.6 Å². The zero-order valence-corrected chi connectivity index (χ0v) is 21.8. The summed E-state index contributed by atoms with van der Waals surface area (Å²) in [5.74, 6) is 0.696. The highest BCUT2D eigenvalue weighted by molar-refractivity contribution is 5.91. The van der Waals surface area contributed by atoms with Crippen molar-refractivity contribution < 1.29 is 27.1 Å². The lowest BCUT2D eigenvalue weighted by Gasteiger charge is -2.24. The van der Waals surface area contributed by atoms with E-state index in [0.29, 0.717) is 42.6 Å². The average Bonchev–Trinajstić information content (AvgIpc) is 3.50. The van der Waals surface area contributed by atoms with Crippen LogP contribution in [0.1, 0.15) is 52.2 Å². The molecule has 1 aromatic carbocycles. The molecule has 3 heterocycles. The maximum Gasteiger partial charge on any atom is 0.405 e. The summed E-state index contributed by atoms with van der Waals surface area (Å²) >= 11 is 0. The van der Waals surface area contributed by atoms with E-state index in [1.165, 1.54) is 0 Å². The van der Waals surface area contributed by atoms with E-state index < -0.39 is 12.7 Å². The van der Waals surface area contributed by atoms with Crippen LogP contribution in [0.15, 0.2) is 22.6 Å². The van der Waals surface area contributed by atoms with E-state index in [1.54, 1.807) is 12.1 Å². The fourth-order valence-corrected chi connectivity index (χ4v) is 4.13. The second kappa shape index (κ2) is 10.8. The van der Waals surface area contributed by atoms with E-state index >= 15 is 0 Å². The van der Waals surface area contributed by atoms with E-state index in [9.17, 15) is 13.2 Å². The number of hydrogen-bond donors (Lipinski definition) is 2. The second-order valence-electron chi connectivity index (χ2n) is 10.7. The van der Waals surface area contributed by atoms with Crippen molar-refractivity contribution in [2.45, 2.75) is 65.3 Å². The Morgan fingerprint density at radius 3 is 2.41 bits per heavy atom. The molecule has 0 saturated carbocycles. The lowest BCUT2D eigenvalue weighted by molar-refractivity contribution is -0.115. The van der Waals surface area contributed by atoms with Crippen molar-refractivity contribution >= 4 is 22.6 Å². The molecule has 1 aliphatic rings. The third kappa shape index (κ3) is 7.10. The molecule has 0 aliphatic carbocycles. The monoisotopic (exact) mass is 521 g/mol. The zero-order chi connectivity index (χ0) is 26.8. The number of aryl methyl sites for hydroxylation is 1. The molecule has 202 valence electrons. The number of nitrogens with zero attached hydrogens (tertiary/aromatic N) is 3. The smallest absolute Gasteiger partial charge is 0.402 e. The van der Waals surface area contributed by atoms with Crippen LogP contribution < -0.4 is 10.6 Å². The third-order valence-corrected chi connectivity index (χ3v) is 6.05. The van der Waals surface area contributed by atoms with Crippen LogP contribution in [0.3, 0.4) is 0 Å². The maximum absolute atomic E-state index is 12.9. The number of nitrogens with one attached hydrogen (secondary N) is 2. The number of pyridine rings is 1. The van der Waals surface area contributed by atoms with Crippen LogP contribution in [0.25, 0.3) is 22.5 Å². The maximum atomic E-state index is 12.9. The first-order valence-electron chi connectivity index (χ1n) is 12.5. The lowest BCUT2D eigenvalue weighted by Crippen LogP contribution is -2.22. The molecule has 1 fully saturated rings. The number of aromatic nitrogens is 3. The van der Waals surface area contributed by atoms with Gasteiger partial charge in [0.05, 0.1) is 25.3 Å². The van der Waals surface area contributed by atoms with Gasteiger partial charge in [0.25, 0.3) is 5.89 Å². The summed E-state index contributed by atoms with van der Waals surface area (Å²) in [4.78, 5) is 4.88. The Morgan fingerprint density at radius 1 is 1.03 bits per heavy atom. The Kier molecular flexibility index (Phi) is 7.94. The van der Waals surface area contributed by atoms with Gasteiger partial charge >= 0.3 is 12.2 Å². The van der Waals surface area contributed by atoms with Crippen LogP contribution in [0.4, 0.5) is 24.9 Å². The van der Waals surface area contributed by atoms with Crippen LogP contribution in [0.5, 0.6) is 0 Å². The molecule has 1 saturated heterocycles. The number of benzene rings is 1. The Balaban J connectivity index is 1.75. The van der Waals surface area contributed by atoms with Gasteiger partial charge in [-0.1, -0.05) is 39.7 Å². The summed E-state index contributed by atoms with van der Waals surface area (Å²) in [6.07, 6.45) is -3.06. The molecule has 11 heteroatoms. The van der Waals surface area contributed by atoms with Gasteiger partial charge in [-0.3, -0.25) is 0 Å². The number of ether oxygens (including phenoxy) is 2. The lowest BCUT2D eigenvalue weighted by atomic mass is 9.84. The third-order valence-electron chi connectivity index (χ3n) is 6.05. The first kappa shape index (κ1) is 27.1. The van der Waals surface area contributed by atoms with Crippen LogP contribution in [-0.4, -0.2) is 54.0 Å². The molecule has 8 nitrogen and oxygen atoms in total. The quantitative estimate of drug-likeness (QED) is 0.358. The van der Waals surface area contributed by atoms with Gasteiger partial charge in [-0.25, -0.2) is 4.98 Å². The minimum absolute atomic E-state index is 0.225. The summed E-state index contributed by atoms with van der Waals surface area (Å²) in [6.45, 7) is 10.7. The van der Waals surface area contributed by atoms with Crippen LogP contribution in [0.2, 0.25) is 0 Å². The minimum Gasteiger partial charge on any atom is -0.402 e. The number of halogens is 3. The van der Waals surface area contributed by atoms with Gasteiger partial charge in [-0.15, -0.1) is 5.10 Å². The van der Waals surface area contributed by atoms with E-state index in [2.05, 4.69) is 34.7 Å². The van der Waals surface area contributed by atoms with Crippen molar-refractivity contribution in [3.63, 3.8) is 0 Å². The largest absolute Gasteiger partial charge is 0.405 e. The molecule has 2 N–H and O–H groups in total. The normalized spacial score (nSPS) is 15.2. The van der Waals surface area contributed by atoms with Gasteiger partial charge in [-0.2, -0.15) is 13.2 Å². The molecule has 0 radical (unpaired) electrons. The predicted molar refractivity (Wildman–Crippen MR) is 136 cm³/mol. The van der Waals surface area contributed by atoms with Gasteiger partial charge in [0.2, 0.25) is 0 Å². The van der Waals surface area contributed by atoms with Crippen LogP contribution in [0, 0.1) is 5.92 Å². The van der Waals surface area contributed by atoms with Crippen molar-refractivity contribution in [1.82, 2.24) is 15.2 Å². The Labute approximate surface area is 214 Å². The van der Waals surface area contributed by atoms with Gasteiger partial charge in [0, 0.05) is 11.1 Å². The second-order valence-corrected chi connectivity index (χ2v) is 10.7. The molecule has 4 rings (SSSR count). The molecule has 0 unspecified atom stereocenters. The molecule has 0 atom stereocenters. The molecular formula is C26H34F3N5O3. The van der Waals surface area contributed by atoms with Crippen molar-refractivity contribution in [2.75, 3.05) is 36.9 Å². The predicted octanol–water partition coefficient (Wildman–Crippen LogP) is 5.93. The summed E-state index contributed by atoms with van der Waals surface area (Å²) in [7, 11) is 0. The molecule has 0 amide bonds. The molecule has 0 bridgehead atoms. The highest BCUT2D eigenvalue weighted by Crippen LogP contribution is 2.36. The fraction of sp³-hybridized carbons (Fsp3) is 0.577. The van der Waals surface area contributed by atoms with Crippen LogP contribution in [-0.2, 0) is 21.3 Å². The van der Waals surface area contributed by atoms with Gasteiger partial charge in [0.15, 0.2) is 6.29 Å². The Morgan fingerprint density at radius 2 is 1.76 bits per heavy atom. The molecule has 3 aromatic rings. The average molecular weight is 522 g/mol. The van der Waals surface area contributed by atoms with Crippen molar-refractivity contribution in [1.29, 1.82) is 0 Å². The van der Waals surface area contributed by atoms with Crippen molar-refractivity contribution in [3.05, 3.63) is 29.3 Å². The first-order valence-corrected chi connectivity index (χ1v) is 12.5. The molecular weight excluding hydrogens is 487 g/mol. The zero-order valence-electron chi connectivity index (χ0n) is 21.8. The minimum atomic E-state index is -4.32. The topological polar surface area (TPSA) is 94.3 Å². The van der Waals surface area contributed by atoms with E-state index in [4.69, 9.17) is 18.9 Å². The molecule has 0 spiro atoms.